The van der Waals surface area contributed by atoms with Crippen LogP contribution in [0.3, 0.4) is 0 Å². The summed E-state index contributed by atoms with van der Waals surface area (Å²) in [7, 11) is 0. The van der Waals surface area contributed by atoms with E-state index in [1.165, 1.54) is 19.1 Å². The van der Waals surface area contributed by atoms with E-state index >= 15 is 0 Å². The van der Waals surface area contributed by atoms with E-state index in [1.54, 1.807) is 0 Å². The number of hydrogen-bond acceptors (Lipinski definition) is 5. The Morgan fingerprint density at radius 3 is 2.00 bits per heavy atom. The minimum absolute atomic E-state index is 0.0231. The summed E-state index contributed by atoms with van der Waals surface area (Å²) < 4.78 is 0. The lowest BCUT2D eigenvalue weighted by molar-refractivity contribution is -0.394. The lowest BCUT2D eigenvalue weighted by Gasteiger charge is -2.01. The fourth-order valence-electron chi connectivity index (χ4n) is 1.55. The number of ketones is 1. The smallest absolute Gasteiger partial charge is 0.276 e. The lowest BCUT2D eigenvalue weighted by Crippen LogP contribution is -1.97. The van der Waals surface area contributed by atoms with Gasteiger partial charge in [0.25, 0.3) is 11.4 Å². The highest BCUT2D eigenvalue weighted by atomic mass is 16.6. The molecule has 1 aromatic rings. The van der Waals surface area contributed by atoms with Gasteiger partial charge < -0.3 is 4.79 Å². The molecule has 0 radical (unpaired) electrons. The summed E-state index contributed by atoms with van der Waals surface area (Å²) >= 11 is 0. The number of nitro groups is 2. The third-order valence-electron chi connectivity index (χ3n) is 2.38. The number of carbonyl (C=O) groups is 1. The first-order valence-electron chi connectivity index (χ1n) is 5.32. The Morgan fingerprint density at radius 1 is 1.11 bits per heavy atom. The van der Waals surface area contributed by atoms with Crippen LogP contribution < -0.4 is 0 Å². The molecule has 0 N–H and O–H groups in total. The van der Waals surface area contributed by atoms with Crippen molar-refractivity contribution < 1.29 is 14.6 Å². The summed E-state index contributed by atoms with van der Waals surface area (Å²) in [4.78, 5) is 30.7. The summed E-state index contributed by atoms with van der Waals surface area (Å²) in [5, 5.41) is 21.3. The molecule has 0 saturated heterocycles. The van der Waals surface area contributed by atoms with E-state index < -0.39 is 9.85 Å². The summed E-state index contributed by atoms with van der Waals surface area (Å²) in [6, 6.07) is 3.52. The summed E-state index contributed by atoms with van der Waals surface area (Å²) in [6.45, 7) is 1.45. The van der Waals surface area contributed by atoms with Crippen LogP contribution in [0.2, 0.25) is 0 Å². The van der Waals surface area contributed by atoms with Crippen LogP contribution in [0.25, 0.3) is 0 Å². The average molecular weight is 252 g/mol. The van der Waals surface area contributed by atoms with E-state index in [2.05, 4.69) is 0 Å². The van der Waals surface area contributed by atoms with Crippen LogP contribution in [0.1, 0.15) is 25.3 Å². The molecule has 0 atom stereocenters. The molecule has 0 aliphatic rings. The van der Waals surface area contributed by atoms with E-state index in [-0.39, 0.29) is 17.2 Å². The molecular formula is C11H12N2O5. The topological polar surface area (TPSA) is 103 Å². The fraction of sp³-hybridized carbons (Fsp3) is 0.364. The van der Waals surface area contributed by atoms with Gasteiger partial charge in [0.05, 0.1) is 15.9 Å². The second-order valence-corrected chi connectivity index (χ2v) is 3.93. The van der Waals surface area contributed by atoms with Crippen molar-refractivity contribution in [2.45, 2.75) is 26.2 Å². The second-order valence-electron chi connectivity index (χ2n) is 3.93. The predicted molar refractivity (Wildman–Crippen MR) is 63.4 cm³/mol. The van der Waals surface area contributed by atoms with Crippen molar-refractivity contribution in [2.24, 2.45) is 0 Å². The molecule has 7 heteroatoms. The van der Waals surface area contributed by atoms with Crippen LogP contribution in [0.15, 0.2) is 18.2 Å². The molecule has 7 nitrogen and oxygen atoms in total. The van der Waals surface area contributed by atoms with Gasteiger partial charge in [0.1, 0.15) is 5.78 Å². The maximum absolute atomic E-state index is 10.8. The van der Waals surface area contributed by atoms with Gasteiger partial charge >= 0.3 is 0 Å². The monoisotopic (exact) mass is 252 g/mol. The molecule has 0 aliphatic heterocycles. The summed E-state index contributed by atoms with van der Waals surface area (Å²) in [5.74, 6) is 0.0231. The third-order valence-corrected chi connectivity index (χ3v) is 2.38. The number of nitro benzene ring substituents is 2. The van der Waals surface area contributed by atoms with E-state index in [4.69, 9.17) is 0 Å². The van der Waals surface area contributed by atoms with Crippen molar-refractivity contribution in [1.82, 2.24) is 0 Å². The first kappa shape index (κ1) is 13.8. The van der Waals surface area contributed by atoms with Gasteiger partial charge in [-0.05, 0) is 25.3 Å². The molecule has 0 amide bonds. The standard InChI is InChI=1S/C11H12N2O5/c1-8(14)3-2-4-9-5-10(12(15)16)7-11(6-9)13(17)18/h5-7H,2-4H2,1H3. The number of benzene rings is 1. The third kappa shape index (κ3) is 3.93. The van der Waals surface area contributed by atoms with Crippen molar-refractivity contribution in [2.75, 3.05) is 0 Å². The molecule has 0 aliphatic carbocycles. The average Bonchev–Trinajstić information content (AvgIpc) is 2.28. The Kier molecular flexibility index (Phi) is 4.47. The lowest BCUT2D eigenvalue weighted by atomic mass is 10.1. The molecule has 1 rings (SSSR count). The first-order valence-corrected chi connectivity index (χ1v) is 5.32. The molecule has 0 spiro atoms. The van der Waals surface area contributed by atoms with Crippen LogP contribution >= 0.6 is 0 Å². The van der Waals surface area contributed by atoms with Crippen LogP contribution in [-0.2, 0) is 11.2 Å². The molecule has 0 saturated carbocycles. The van der Waals surface area contributed by atoms with Crippen molar-refractivity contribution in [3.8, 4) is 0 Å². The van der Waals surface area contributed by atoms with Gasteiger partial charge in [-0.15, -0.1) is 0 Å². The van der Waals surface area contributed by atoms with Gasteiger partial charge in [-0.2, -0.15) is 0 Å². The van der Waals surface area contributed by atoms with Crippen molar-refractivity contribution in [1.29, 1.82) is 0 Å². The quantitative estimate of drug-likeness (QED) is 0.571. The van der Waals surface area contributed by atoms with Crippen LogP contribution in [0.5, 0.6) is 0 Å². The van der Waals surface area contributed by atoms with Gasteiger partial charge in [0.2, 0.25) is 0 Å². The first-order chi connectivity index (χ1) is 8.40. The molecule has 0 unspecified atom stereocenters. The molecular weight excluding hydrogens is 240 g/mol. The minimum atomic E-state index is -0.665. The summed E-state index contributed by atoms with van der Waals surface area (Å²) in [6.07, 6.45) is 1.28. The van der Waals surface area contributed by atoms with Crippen molar-refractivity contribution >= 4 is 17.2 Å². The van der Waals surface area contributed by atoms with Gasteiger partial charge in [-0.3, -0.25) is 20.2 Å². The Balaban J connectivity index is 2.93. The van der Waals surface area contributed by atoms with Crippen LogP contribution in [0, 0.1) is 20.2 Å². The highest BCUT2D eigenvalue weighted by Crippen LogP contribution is 2.23. The largest absolute Gasteiger partial charge is 0.300 e. The number of non-ortho nitro benzene ring substituents is 2. The van der Waals surface area contributed by atoms with E-state index in [9.17, 15) is 25.0 Å². The molecule has 0 fully saturated rings. The highest BCUT2D eigenvalue weighted by molar-refractivity contribution is 5.75. The van der Waals surface area contributed by atoms with Gasteiger partial charge in [0, 0.05) is 18.6 Å². The molecule has 1 aromatic carbocycles. The number of nitrogens with zero attached hydrogens (tertiary/aromatic N) is 2. The molecule has 0 bridgehead atoms. The van der Waals surface area contributed by atoms with E-state index in [0.717, 1.165) is 6.07 Å². The zero-order valence-electron chi connectivity index (χ0n) is 9.79. The zero-order chi connectivity index (χ0) is 13.7. The minimum Gasteiger partial charge on any atom is -0.300 e. The Bertz CT molecular complexity index is 466. The van der Waals surface area contributed by atoms with Crippen molar-refractivity contribution in [3.63, 3.8) is 0 Å². The molecule has 0 heterocycles. The Labute approximate surface area is 103 Å². The zero-order valence-corrected chi connectivity index (χ0v) is 9.79. The van der Waals surface area contributed by atoms with Crippen molar-refractivity contribution in [3.05, 3.63) is 44.0 Å². The predicted octanol–water partition coefficient (Wildman–Crippen LogP) is 2.41. The maximum Gasteiger partial charge on any atom is 0.276 e. The van der Waals surface area contributed by atoms with E-state index in [0.29, 0.717) is 24.8 Å². The summed E-state index contributed by atoms with van der Waals surface area (Å²) in [5.41, 5.74) is -0.110. The fourth-order valence-corrected chi connectivity index (χ4v) is 1.55. The van der Waals surface area contributed by atoms with Crippen LogP contribution in [0.4, 0.5) is 11.4 Å². The highest BCUT2D eigenvalue weighted by Gasteiger charge is 2.16. The Hall–Kier alpha value is -2.31. The second kappa shape index (κ2) is 5.85. The SMILES string of the molecule is CC(=O)CCCc1cc([N+](=O)[O-])cc([N+](=O)[O-])c1. The number of Topliss-reactive ketones (excluding diaryl/α,β-unsaturated/α-hetero) is 1. The van der Waals surface area contributed by atoms with Crippen LogP contribution in [-0.4, -0.2) is 15.6 Å². The molecule has 0 aromatic heterocycles. The number of rotatable bonds is 6. The van der Waals surface area contributed by atoms with Gasteiger partial charge in [-0.1, -0.05) is 0 Å². The normalized spacial score (nSPS) is 10.1. The molecule has 96 valence electrons. The maximum atomic E-state index is 10.8. The Morgan fingerprint density at radius 2 is 1.61 bits per heavy atom. The number of hydrogen-bond donors (Lipinski definition) is 0. The van der Waals surface area contributed by atoms with Gasteiger partial charge in [0.15, 0.2) is 0 Å². The number of aryl methyl sites for hydroxylation is 1. The number of carbonyl (C=O) groups excluding carboxylic acids is 1. The van der Waals surface area contributed by atoms with Gasteiger partial charge in [-0.25, -0.2) is 0 Å². The van der Waals surface area contributed by atoms with E-state index in [1.807, 2.05) is 0 Å². The molecule has 18 heavy (non-hydrogen) atoms.